The maximum Gasteiger partial charge on any atom is 0.407 e. The minimum atomic E-state index is -0.631. The zero-order valence-electron chi connectivity index (χ0n) is 19.8. The lowest BCUT2D eigenvalue weighted by Gasteiger charge is -2.34. The minimum Gasteiger partial charge on any atom is -0.481 e. The van der Waals surface area contributed by atoms with Crippen LogP contribution in [-0.2, 0) is 20.6 Å². The molecular weight excluding hydrogens is 426 g/mol. The van der Waals surface area contributed by atoms with Crippen LogP contribution in [0.1, 0.15) is 49.5 Å². The van der Waals surface area contributed by atoms with Crippen molar-refractivity contribution in [1.29, 1.82) is 0 Å². The van der Waals surface area contributed by atoms with Gasteiger partial charge in [-0.25, -0.2) is 14.6 Å². The number of nitrogens with one attached hydrogen (secondary N) is 1. The normalized spacial score (nSPS) is 19.6. The molecule has 0 spiro atoms. The highest BCUT2D eigenvalue weighted by Crippen LogP contribution is 2.27. The van der Waals surface area contributed by atoms with E-state index in [1.54, 1.807) is 18.2 Å². The smallest absolute Gasteiger partial charge is 0.407 e. The van der Waals surface area contributed by atoms with E-state index in [1.165, 1.54) is 14.2 Å². The molecule has 9 heteroatoms. The first-order valence-corrected chi connectivity index (χ1v) is 11.0. The Morgan fingerprint density at radius 3 is 2.58 bits per heavy atom. The zero-order valence-corrected chi connectivity index (χ0v) is 19.8. The number of hydrogen-bond donors (Lipinski definition) is 2. The Hall–Kier alpha value is -2.91. The second-order valence-corrected chi connectivity index (χ2v) is 9.18. The van der Waals surface area contributed by atoms with Gasteiger partial charge in [0.05, 0.1) is 44.1 Å². The Morgan fingerprint density at radius 1 is 1.21 bits per heavy atom. The summed E-state index contributed by atoms with van der Waals surface area (Å²) in [4.78, 5) is 29.5. The van der Waals surface area contributed by atoms with Gasteiger partial charge in [0.15, 0.2) is 0 Å². The first-order valence-electron chi connectivity index (χ1n) is 11.0. The number of esters is 1. The molecule has 2 heterocycles. The first kappa shape index (κ1) is 24.7. The number of pyridine rings is 1. The van der Waals surface area contributed by atoms with E-state index in [9.17, 15) is 9.59 Å². The predicted molar refractivity (Wildman–Crippen MR) is 123 cm³/mol. The summed E-state index contributed by atoms with van der Waals surface area (Å²) in [6, 6.07) is 6.60. The third kappa shape index (κ3) is 6.33. The Kier molecular flexibility index (Phi) is 7.76. The fourth-order valence-electron chi connectivity index (χ4n) is 3.90. The van der Waals surface area contributed by atoms with Crippen LogP contribution in [0.15, 0.2) is 24.3 Å². The van der Waals surface area contributed by atoms with Gasteiger partial charge in [-0.1, -0.05) is 6.07 Å². The molecule has 1 aliphatic heterocycles. The van der Waals surface area contributed by atoms with Crippen LogP contribution >= 0.6 is 0 Å². The molecule has 3 rings (SSSR count). The predicted octanol–water partition coefficient (Wildman–Crippen LogP) is 2.97. The maximum atomic E-state index is 12.6. The Labute approximate surface area is 193 Å². The van der Waals surface area contributed by atoms with Crippen molar-refractivity contribution < 1.29 is 28.5 Å². The summed E-state index contributed by atoms with van der Waals surface area (Å²) in [5, 5.41) is 3.61. The molecule has 33 heavy (non-hydrogen) atoms. The van der Waals surface area contributed by atoms with Crippen LogP contribution in [0, 0.1) is 0 Å². The molecule has 1 aromatic heterocycles. The maximum absolute atomic E-state index is 12.6. The summed E-state index contributed by atoms with van der Waals surface area (Å²) in [6.07, 6.45) is 1.16. The number of hydrogen-bond acceptors (Lipinski definition) is 8. The highest BCUT2D eigenvalue weighted by molar-refractivity contribution is 6.04. The van der Waals surface area contributed by atoms with Gasteiger partial charge in [0.25, 0.3) is 0 Å². The van der Waals surface area contributed by atoms with Crippen molar-refractivity contribution >= 4 is 23.0 Å². The van der Waals surface area contributed by atoms with Crippen molar-refractivity contribution in [2.75, 3.05) is 20.8 Å². The number of benzene rings is 1. The van der Waals surface area contributed by atoms with E-state index in [4.69, 9.17) is 24.7 Å². The number of nitrogens with two attached hydrogens (primary N) is 1. The average molecular weight is 460 g/mol. The average Bonchev–Trinajstić information content (AvgIpc) is 2.77. The van der Waals surface area contributed by atoms with Gasteiger partial charge in [-0.05, 0) is 57.7 Å². The van der Waals surface area contributed by atoms with Gasteiger partial charge in [-0.3, -0.25) is 0 Å². The first-order chi connectivity index (χ1) is 15.6. The summed E-state index contributed by atoms with van der Waals surface area (Å²) in [5.41, 5.74) is 7.20. The van der Waals surface area contributed by atoms with E-state index in [1.807, 2.05) is 26.8 Å². The topological polar surface area (TPSA) is 122 Å². The van der Waals surface area contributed by atoms with E-state index in [0.29, 0.717) is 41.8 Å². The fraction of sp³-hybridized carbons (Fsp3) is 0.542. The minimum absolute atomic E-state index is 0.0190. The molecule has 0 radical (unpaired) electrons. The number of ether oxygens (including phenoxy) is 4. The van der Waals surface area contributed by atoms with Crippen LogP contribution in [0.4, 0.5) is 4.79 Å². The summed E-state index contributed by atoms with van der Waals surface area (Å²) in [5.74, 6) is -0.0335. The molecule has 9 nitrogen and oxygen atoms in total. The number of carbonyl (C=O) groups excluding carboxylic acids is 2. The molecule has 3 N–H and O–H groups in total. The monoisotopic (exact) mass is 459 g/mol. The molecule has 0 aliphatic carbocycles. The molecule has 1 fully saturated rings. The summed E-state index contributed by atoms with van der Waals surface area (Å²) >= 11 is 0. The lowest BCUT2D eigenvalue weighted by atomic mass is 9.93. The van der Waals surface area contributed by atoms with Crippen LogP contribution in [0.5, 0.6) is 5.88 Å². The standard InChI is InChI=1S/C24H33N3O6/c1-24(2,3)33-23(29)26-18(19-10-7-15(25)13-32-19)12-14-6-8-17(22(28)31-5)16-9-11-20(30-4)27-21(14)16/h6,8-9,11,15,18-19H,7,10,12-13,25H2,1-5H3,(H,26,29)/t15-,18-,19+/m0/s1. The van der Waals surface area contributed by atoms with Crippen LogP contribution in [0.3, 0.4) is 0 Å². The van der Waals surface area contributed by atoms with Gasteiger partial charge in [0.1, 0.15) is 5.60 Å². The quantitative estimate of drug-likeness (QED) is 0.632. The number of nitrogens with zero attached hydrogens (tertiary/aromatic N) is 1. The Bertz CT molecular complexity index is 996. The molecule has 0 bridgehead atoms. The van der Waals surface area contributed by atoms with E-state index in [2.05, 4.69) is 10.3 Å². The van der Waals surface area contributed by atoms with Gasteiger partial charge < -0.3 is 30.0 Å². The molecule has 0 saturated carbocycles. The van der Waals surface area contributed by atoms with Crippen molar-refractivity contribution in [2.45, 2.75) is 63.8 Å². The summed E-state index contributed by atoms with van der Waals surface area (Å²) < 4.78 is 21.7. The van der Waals surface area contributed by atoms with Crippen molar-refractivity contribution in [3.8, 4) is 5.88 Å². The number of alkyl carbamates (subject to hydrolysis) is 1. The highest BCUT2D eigenvalue weighted by Gasteiger charge is 2.31. The van der Waals surface area contributed by atoms with Crippen molar-refractivity contribution in [1.82, 2.24) is 10.3 Å². The van der Waals surface area contributed by atoms with Gasteiger partial charge >= 0.3 is 12.1 Å². The van der Waals surface area contributed by atoms with Crippen molar-refractivity contribution in [2.24, 2.45) is 5.73 Å². The largest absolute Gasteiger partial charge is 0.481 e. The third-order valence-corrected chi connectivity index (χ3v) is 5.47. The Morgan fingerprint density at radius 2 is 1.97 bits per heavy atom. The summed E-state index contributed by atoms with van der Waals surface area (Å²) in [7, 11) is 2.87. The number of rotatable bonds is 6. The number of carbonyl (C=O) groups is 2. The molecular formula is C24H33N3O6. The SMILES string of the molecule is COC(=O)c1ccc(C[C@H](NC(=O)OC(C)(C)C)[C@H]2CC[C@H](N)CO2)c2nc(OC)ccc12. The molecule has 1 aliphatic rings. The lowest BCUT2D eigenvalue weighted by Crippen LogP contribution is -2.50. The highest BCUT2D eigenvalue weighted by atomic mass is 16.6. The van der Waals surface area contributed by atoms with E-state index < -0.39 is 17.7 Å². The number of fused-ring (bicyclic) bond motifs is 1. The zero-order chi connectivity index (χ0) is 24.2. The Balaban J connectivity index is 1.97. The van der Waals surface area contributed by atoms with E-state index in [0.717, 1.165) is 12.0 Å². The van der Waals surface area contributed by atoms with Gasteiger partial charge in [-0.2, -0.15) is 0 Å². The fourth-order valence-corrected chi connectivity index (χ4v) is 3.90. The van der Waals surface area contributed by atoms with E-state index >= 15 is 0 Å². The molecule has 3 atom stereocenters. The van der Waals surface area contributed by atoms with E-state index in [-0.39, 0.29) is 18.2 Å². The molecule has 180 valence electrons. The third-order valence-electron chi connectivity index (χ3n) is 5.47. The van der Waals surface area contributed by atoms with Crippen LogP contribution < -0.4 is 15.8 Å². The number of aromatic nitrogens is 1. The summed E-state index contributed by atoms with van der Waals surface area (Å²) in [6.45, 7) is 5.86. The molecule has 2 aromatic rings. The van der Waals surface area contributed by atoms with Crippen molar-refractivity contribution in [3.05, 3.63) is 35.4 Å². The lowest BCUT2D eigenvalue weighted by molar-refractivity contribution is -0.0203. The number of methoxy groups -OCH3 is 2. The van der Waals surface area contributed by atoms with Gasteiger partial charge in [0, 0.05) is 17.5 Å². The molecule has 1 saturated heterocycles. The van der Waals surface area contributed by atoms with Crippen LogP contribution in [-0.4, -0.2) is 61.7 Å². The number of amides is 1. The van der Waals surface area contributed by atoms with Crippen LogP contribution in [0.25, 0.3) is 10.9 Å². The van der Waals surface area contributed by atoms with Crippen molar-refractivity contribution in [3.63, 3.8) is 0 Å². The second-order valence-electron chi connectivity index (χ2n) is 9.18. The molecule has 0 unspecified atom stereocenters. The van der Waals surface area contributed by atoms with Crippen LogP contribution in [0.2, 0.25) is 0 Å². The second kappa shape index (κ2) is 10.4. The molecule has 1 aromatic carbocycles. The van der Waals surface area contributed by atoms with Gasteiger partial charge in [-0.15, -0.1) is 0 Å². The van der Waals surface area contributed by atoms with Gasteiger partial charge in [0.2, 0.25) is 5.88 Å². The molecule has 1 amide bonds.